The van der Waals surface area contributed by atoms with Gasteiger partial charge in [0.25, 0.3) is 11.6 Å². The molecule has 1 heterocycles. The fourth-order valence-electron chi connectivity index (χ4n) is 2.34. The topological polar surface area (TPSA) is 111 Å². The molecule has 0 spiro atoms. The van der Waals surface area contributed by atoms with Crippen LogP contribution in [0.15, 0.2) is 54.6 Å². The molecule has 7 heteroatoms. The molecule has 0 aliphatic heterocycles. The minimum Gasteiger partial charge on any atom is -0.290 e. The number of nitrogens with zero attached hydrogens (tertiary/aromatic N) is 2. The van der Waals surface area contributed by atoms with Crippen molar-refractivity contribution in [3.63, 3.8) is 0 Å². The minimum atomic E-state index is -0.467. The number of amides is 1. The smallest absolute Gasteiger partial charge is 0.269 e. The third-order valence-corrected chi connectivity index (χ3v) is 3.47. The van der Waals surface area contributed by atoms with Crippen molar-refractivity contribution in [1.82, 2.24) is 10.4 Å². The van der Waals surface area contributed by atoms with Gasteiger partial charge in [0.15, 0.2) is 0 Å². The Morgan fingerprint density at radius 3 is 2.48 bits per heavy atom. The molecule has 0 saturated carbocycles. The van der Waals surface area contributed by atoms with E-state index in [-0.39, 0.29) is 5.69 Å². The van der Waals surface area contributed by atoms with Crippen molar-refractivity contribution in [3.8, 4) is 11.3 Å². The number of nitrogens with two attached hydrogens (primary N) is 1. The zero-order valence-corrected chi connectivity index (χ0v) is 11.9. The SMILES string of the molecule is NNC(=O)c1cc(-c2ccc([N+](=O)[O-])cc2)nc2ccccc12. The Hall–Kier alpha value is -3.32. The molecule has 0 atom stereocenters. The number of benzene rings is 2. The molecule has 23 heavy (non-hydrogen) atoms. The Balaban J connectivity index is 2.17. The van der Waals surface area contributed by atoms with Gasteiger partial charge in [-0.3, -0.25) is 20.3 Å². The van der Waals surface area contributed by atoms with E-state index < -0.39 is 10.8 Å². The lowest BCUT2D eigenvalue weighted by Gasteiger charge is -2.08. The Morgan fingerprint density at radius 1 is 1.13 bits per heavy atom. The van der Waals surface area contributed by atoms with Crippen molar-refractivity contribution in [2.24, 2.45) is 5.84 Å². The first kappa shape index (κ1) is 14.6. The second-order valence-electron chi connectivity index (χ2n) is 4.85. The van der Waals surface area contributed by atoms with Gasteiger partial charge < -0.3 is 0 Å². The van der Waals surface area contributed by atoms with E-state index in [0.29, 0.717) is 27.7 Å². The highest BCUT2D eigenvalue weighted by atomic mass is 16.6. The molecule has 114 valence electrons. The molecule has 3 N–H and O–H groups in total. The van der Waals surface area contributed by atoms with Crippen molar-refractivity contribution in [2.75, 3.05) is 0 Å². The van der Waals surface area contributed by atoms with Crippen molar-refractivity contribution in [3.05, 3.63) is 70.3 Å². The standard InChI is InChI=1S/C16H12N4O3/c17-19-16(21)13-9-15(18-14-4-2-1-3-12(13)14)10-5-7-11(8-6-10)20(22)23/h1-9H,17H2,(H,19,21). The van der Waals surface area contributed by atoms with Crippen LogP contribution in [0, 0.1) is 10.1 Å². The zero-order chi connectivity index (χ0) is 16.4. The van der Waals surface area contributed by atoms with Gasteiger partial charge >= 0.3 is 0 Å². The first-order valence-electron chi connectivity index (χ1n) is 6.75. The summed E-state index contributed by atoms with van der Waals surface area (Å²) in [5.41, 5.74) is 4.36. The summed E-state index contributed by atoms with van der Waals surface area (Å²) in [5, 5.41) is 11.4. The number of para-hydroxylation sites is 1. The lowest BCUT2D eigenvalue weighted by molar-refractivity contribution is -0.384. The van der Waals surface area contributed by atoms with Crippen molar-refractivity contribution < 1.29 is 9.72 Å². The molecule has 0 fully saturated rings. The van der Waals surface area contributed by atoms with Crippen LogP contribution in [-0.4, -0.2) is 15.8 Å². The summed E-state index contributed by atoms with van der Waals surface area (Å²) in [7, 11) is 0. The summed E-state index contributed by atoms with van der Waals surface area (Å²) in [6, 6.07) is 14.8. The van der Waals surface area contributed by atoms with Gasteiger partial charge in [0.05, 0.1) is 21.7 Å². The average molecular weight is 308 g/mol. The van der Waals surface area contributed by atoms with E-state index in [0.717, 1.165) is 0 Å². The van der Waals surface area contributed by atoms with Crippen LogP contribution in [0.5, 0.6) is 0 Å². The molecule has 2 aromatic carbocycles. The summed E-state index contributed by atoms with van der Waals surface area (Å²) in [6.45, 7) is 0. The lowest BCUT2D eigenvalue weighted by atomic mass is 10.0. The monoisotopic (exact) mass is 308 g/mol. The molecular weight excluding hydrogens is 296 g/mol. The largest absolute Gasteiger partial charge is 0.290 e. The van der Waals surface area contributed by atoms with Crippen LogP contribution >= 0.6 is 0 Å². The summed E-state index contributed by atoms with van der Waals surface area (Å²) in [5.74, 6) is 4.82. The number of nitro benzene ring substituents is 1. The number of hydrogen-bond acceptors (Lipinski definition) is 5. The number of pyridine rings is 1. The summed E-state index contributed by atoms with van der Waals surface area (Å²) in [6.07, 6.45) is 0. The third kappa shape index (κ3) is 2.72. The van der Waals surface area contributed by atoms with Crippen LogP contribution in [0.2, 0.25) is 0 Å². The number of rotatable bonds is 3. The van der Waals surface area contributed by atoms with E-state index >= 15 is 0 Å². The number of nitrogens with one attached hydrogen (secondary N) is 1. The molecule has 3 rings (SSSR count). The highest BCUT2D eigenvalue weighted by molar-refractivity contribution is 6.06. The van der Waals surface area contributed by atoms with E-state index in [4.69, 9.17) is 5.84 Å². The van der Waals surface area contributed by atoms with E-state index in [2.05, 4.69) is 10.4 Å². The Kier molecular flexibility index (Phi) is 3.70. The predicted molar refractivity (Wildman–Crippen MR) is 85.5 cm³/mol. The number of carbonyl (C=O) groups is 1. The number of nitro groups is 1. The third-order valence-electron chi connectivity index (χ3n) is 3.47. The molecule has 0 saturated heterocycles. The first-order chi connectivity index (χ1) is 11.1. The molecule has 1 amide bonds. The number of nitrogen functional groups attached to an aromatic ring is 1. The zero-order valence-electron chi connectivity index (χ0n) is 11.9. The molecule has 0 aliphatic rings. The molecule has 1 aromatic heterocycles. The van der Waals surface area contributed by atoms with Crippen LogP contribution in [0.1, 0.15) is 10.4 Å². The summed E-state index contributed by atoms with van der Waals surface area (Å²) < 4.78 is 0. The Bertz CT molecular complexity index is 907. The number of hydrazine groups is 1. The minimum absolute atomic E-state index is 0.00513. The maximum atomic E-state index is 12.0. The van der Waals surface area contributed by atoms with Gasteiger partial charge in [-0.05, 0) is 24.3 Å². The molecule has 0 bridgehead atoms. The average Bonchev–Trinajstić information content (AvgIpc) is 2.60. The highest BCUT2D eigenvalue weighted by Crippen LogP contribution is 2.26. The van der Waals surface area contributed by atoms with Gasteiger partial charge in [-0.25, -0.2) is 10.8 Å². The van der Waals surface area contributed by atoms with Crippen molar-refractivity contribution in [2.45, 2.75) is 0 Å². The van der Waals surface area contributed by atoms with E-state index in [1.54, 1.807) is 30.3 Å². The number of carbonyl (C=O) groups excluding carboxylic acids is 1. The van der Waals surface area contributed by atoms with Crippen LogP contribution in [0.4, 0.5) is 5.69 Å². The van der Waals surface area contributed by atoms with Gasteiger partial charge in [0.1, 0.15) is 0 Å². The molecule has 0 radical (unpaired) electrons. The number of fused-ring (bicyclic) bond motifs is 1. The fraction of sp³-hybridized carbons (Fsp3) is 0. The van der Waals surface area contributed by atoms with Crippen LogP contribution in [-0.2, 0) is 0 Å². The molecule has 0 aliphatic carbocycles. The van der Waals surface area contributed by atoms with Gasteiger partial charge in [0, 0.05) is 23.1 Å². The van der Waals surface area contributed by atoms with Gasteiger partial charge in [-0.2, -0.15) is 0 Å². The van der Waals surface area contributed by atoms with E-state index in [1.165, 1.54) is 12.1 Å². The van der Waals surface area contributed by atoms with Crippen LogP contribution < -0.4 is 11.3 Å². The van der Waals surface area contributed by atoms with Crippen molar-refractivity contribution in [1.29, 1.82) is 0 Å². The first-order valence-corrected chi connectivity index (χ1v) is 6.75. The van der Waals surface area contributed by atoms with Crippen LogP contribution in [0.25, 0.3) is 22.2 Å². The van der Waals surface area contributed by atoms with Crippen molar-refractivity contribution >= 4 is 22.5 Å². The number of non-ortho nitro benzene ring substituents is 1. The predicted octanol–water partition coefficient (Wildman–Crippen LogP) is 2.41. The molecule has 7 nitrogen and oxygen atoms in total. The second kappa shape index (κ2) is 5.82. The molecular formula is C16H12N4O3. The van der Waals surface area contributed by atoms with Crippen LogP contribution in [0.3, 0.4) is 0 Å². The quantitative estimate of drug-likeness (QED) is 0.334. The second-order valence-corrected chi connectivity index (χ2v) is 4.85. The van der Waals surface area contributed by atoms with E-state index in [9.17, 15) is 14.9 Å². The van der Waals surface area contributed by atoms with Gasteiger partial charge in [0.2, 0.25) is 0 Å². The van der Waals surface area contributed by atoms with E-state index in [1.807, 2.05) is 12.1 Å². The van der Waals surface area contributed by atoms with Gasteiger partial charge in [-0.1, -0.05) is 18.2 Å². The number of aromatic nitrogens is 1. The summed E-state index contributed by atoms with van der Waals surface area (Å²) >= 11 is 0. The molecule has 0 unspecified atom stereocenters. The lowest BCUT2D eigenvalue weighted by Crippen LogP contribution is -2.30. The summed E-state index contributed by atoms with van der Waals surface area (Å²) in [4.78, 5) is 26.8. The van der Waals surface area contributed by atoms with Gasteiger partial charge in [-0.15, -0.1) is 0 Å². The normalized spacial score (nSPS) is 10.5. The maximum absolute atomic E-state index is 12.0. The number of hydrogen-bond donors (Lipinski definition) is 2. The Morgan fingerprint density at radius 2 is 1.83 bits per heavy atom. The molecule has 3 aromatic rings. The maximum Gasteiger partial charge on any atom is 0.269 e. The highest BCUT2D eigenvalue weighted by Gasteiger charge is 2.13. The fourth-order valence-corrected chi connectivity index (χ4v) is 2.34. The Labute approximate surface area is 130 Å².